The number of sulfone groups is 1. The standard InChI is InChI=1S/C14H27NO4S/c1-5-9-15-13-11(7-6-8-14(13,2)3)20(17,18)10-12(16)19-4/h11,13,15H,5-10H2,1-4H3. The van der Waals surface area contributed by atoms with Crippen molar-refractivity contribution in [1.82, 2.24) is 5.32 Å². The van der Waals surface area contributed by atoms with E-state index in [1.54, 1.807) is 0 Å². The van der Waals surface area contributed by atoms with E-state index in [1.165, 1.54) is 7.11 Å². The van der Waals surface area contributed by atoms with Gasteiger partial charge in [0.05, 0.1) is 12.4 Å². The van der Waals surface area contributed by atoms with Crippen LogP contribution in [-0.2, 0) is 19.4 Å². The Labute approximate surface area is 122 Å². The highest BCUT2D eigenvalue weighted by atomic mass is 32.2. The minimum absolute atomic E-state index is 0.0821. The zero-order chi connectivity index (χ0) is 15.4. The summed E-state index contributed by atoms with van der Waals surface area (Å²) in [6.45, 7) is 7.04. The number of nitrogens with one attached hydrogen (secondary N) is 1. The SMILES string of the molecule is CCCNC1C(S(=O)(=O)CC(=O)OC)CCCC1(C)C. The Morgan fingerprint density at radius 3 is 2.60 bits per heavy atom. The van der Waals surface area contributed by atoms with Gasteiger partial charge in [0.15, 0.2) is 9.84 Å². The maximum absolute atomic E-state index is 12.5. The number of carbonyl (C=O) groups excluding carboxylic acids is 1. The van der Waals surface area contributed by atoms with E-state index in [2.05, 4.69) is 30.8 Å². The number of esters is 1. The molecule has 0 saturated heterocycles. The predicted molar refractivity (Wildman–Crippen MR) is 79.3 cm³/mol. The lowest BCUT2D eigenvalue weighted by molar-refractivity contribution is -0.137. The molecule has 0 aromatic rings. The quantitative estimate of drug-likeness (QED) is 0.753. The van der Waals surface area contributed by atoms with Gasteiger partial charge in [0.1, 0.15) is 5.75 Å². The third-order valence-electron chi connectivity index (χ3n) is 4.15. The molecule has 0 aliphatic heterocycles. The predicted octanol–water partition coefficient (Wildman–Crippen LogP) is 1.52. The van der Waals surface area contributed by atoms with Crippen LogP contribution in [-0.4, -0.2) is 45.1 Å². The van der Waals surface area contributed by atoms with E-state index in [0.717, 1.165) is 25.8 Å². The third-order valence-corrected chi connectivity index (χ3v) is 6.21. The molecule has 20 heavy (non-hydrogen) atoms. The zero-order valence-corrected chi connectivity index (χ0v) is 13.8. The van der Waals surface area contributed by atoms with Crippen molar-refractivity contribution < 1.29 is 17.9 Å². The number of carbonyl (C=O) groups is 1. The maximum atomic E-state index is 12.5. The minimum atomic E-state index is -3.48. The van der Waals surface area contributed by atoms with Crippen molar-refractivity contribution in [2.24, 2.45) is 5.41 Å². The van der Waals surface area contributed by atoms with E-state index in [9.17, 15) is 13.2 Å². The minimum Gasteiger partial charge on any atom is -0.468 e. The van der Waals surface area contributed by atoms with Gasteiger partial charge in [0.2, 0.25) is 0 Å². The second-order valence-electron chi connectivity index (χ2n) is 6.23. The Balaban J connectivity index is 2.96. The van der Waals surface area contributed by atoms with E-state index < -0.39 is 26.8 Å². The average molecular weight is 305 g/mol. The maximum Gasteiger partial charge on any atom is 0.320 e. The third kappa shape index (κ3) is 4.19. The highest BCUT2D eigenvalue weighted by Crippen LogP contribution is 2.38. The number of rotatable bonds is 6. The molecule has 5 nitrogen and oxygen atoms in total. The van der Waals surface area contributed by atoms with Gasteiger partial charge >= 0.3 is 5.97 Å². The first-order valence-electron chi connectivity index (χ1n) is 7.26. The molecule has 1 aliphatic rings. The van der Waals surface area contributed by atoms with Crippen LogP contribution in [0.4, 0.5) is 0 Å². The fourth-order valence-electron chi connectivity index (χ4n) is 3.01. The number of ether oxygens (including phenoxy) is 1. The van der Waals surface area contributed by atoms with E-state index in [4.69, 9.17) is 0 Å². The van der Waals surface area contributed by atoms with Gasteiger partial charge in [-0.1, -0.05) is 27.2 Å². The van der Waals surface area contributed by atoms with Crippen LogP contribution in [0.3, 0.4) is 0 Å². The summed E-state index contributed by atoms with van der Waals surface area (Å²) in [7, 11) is -2.26. The smallest absolute Gasteiger partial charge is 0.320 e. The molecule has 0 bridgehead atoms. The fourth-order valence-corrected chi connectivity index (χ4v) is 5.07. The normalized spacial score (nSPS) is 26.2. The highest BCUT2D eigenvalue weighted by molar-refractivity contribution is 7.92. The van der Waals surface area contributed by atoms with Gasteiger partial charge in [-0.25, -0.2) is 8.42 Å². The molecule has 6 heteroatoms. The summed E-state index contributed by atoms with van der Waals surface area (Å²) < 4.78 is 29.5. The van der Waals surface area contributed by atoms with Crippen LogP contribution in [0.2, 0.25) is 0 Å². The summed E-state index contributed by atoms with van der Waals surface area (Å²) in [4.78, 5) is 11.3. The van der Waals surface area contributed by atoms with Crippen molar-refractivity contribution in [3.8, 4) is 0 Å². The molecule has 0 amide bonds. The molecule has 1 rings (SSSR count). The molecular formula is C14H27NO4S. The lowest BCUT2D eigenvalue weighted by atomic mass is 9.73. The van der Waals surface area contributed by atoms with Crippen LogP contribution in [0.5, 0.6) is 0 Å². The number of hydrogen-bond donors (Lipinski definition) is 1. The van der Waals surface area contributed by atoms with Gasteiger partial charge in [-0.15, -0.1) is 0 Å². The fraction of sp³-hybridized carbons (Fsp3) is 0.929. The lowest BCUT2D eigenvalue weighted by Gasteiger charge is -2.44. The average Bonchev–Trinajstić information content (AvgIpc) is 2.35. The van der Waals surface area contributed by atoms with Crippen LogP contribution < -0.4 is 5.32 Å². The van der Waals surface area contributed by atoms with Gasteiger partial charge in [-0.2, -0.15) is 0 Å². The van der Waals surface area contributed by atoms with E-state index in [1.807, 2.05) is 0 Å². The second kappa shape index (κ2) is 6.89. The van der Waals surface area contributed by atoms with Crippen LogP contribution in [0.25, 0.3) is 0 Å². The highest BCUT2D eigenvalue weighted by Gasteiger charge is 2.45. The van der Waals surface area contributed by atoms with Gasteiger partial charge < -0.3 is 10.1 Å². The summed E-state index contributed by atoms with van der Waals surface area (Å²) in [6.07, 6.45) is 3.45. The van der Waals surface area contributed by atoms with E-state index in [-0.39, 0.29) is 11.5 Å². The molecule has 2 atom stereocenters. The van der Waals surface area contributed by atoms with Crippen molar-refractivity contribution in [1.29, 1.82) is 0 Å². The molecule has 0 radical (unpaired) electrons. The van der Waals surface area contributed by atoms with E-state index >= 15 is 0 Å². The Kier molecular flexibility index (Phi) is 6.01. The molecule has 1 aliphatic carbocycles. The summed E-state index contributed by atoms with van der Waals surface area (Å²) in [5.74, 6) is -1.20. The molecule has 118 valence electrons. The van der Waals surface area contributed by atoms with E-state index in [0.29, 0.717) is 6.42 Å². The molecule has 0 aromatic carbocycles. The number of hydrogen-bond acceptors (Lipinski definition) is 5. The topological polar surface area (TPSA) is 72.5 Å². The number of methoxy groups -OCH3 is 1. The summed E-state index contributed by atoms with van der Waals surface area (Å²) in [5, 5.41) is 2.87. The molecule has 1 fully saturated rings. The van der Waals surface area contributed by atoms with Crippen molar-refractivity contribution in [2.45, 2.75) is 57.7 Å². The molecule has 1 saturated carbocycles. The van der Waals surface area contributed by atoms with Gasteiger partial charge in [0.25, 0.3) is 0 Å². The largest absolute Gasteiger partial charge is 0.468 e. The Morgan fingerprint density at radius 1 is 1.40 bits per heavy atom. The summed E-state index contributed by atoms with van der Waals surface area (Å²) >= 11 is 0. The first kappa shape index (κ1) is 17.4. The first-order chi connectivity index (χ1) is 9.24. The van der Waals surface area contributed by atoms with Gasteiger partial charge in [-0.3, -0.25) is 4.79 Å². The Morgan fingerprint density at radius 2 is 2.05 bits per heavy atom. The van der Waals surface area contributed by atoms with Crippen molar-refractivity contribution >= 4 is 15.8 Å². The van der Waals surface area contributed by atoms with Crippen molar-refractivity contribution in [3.63, 3.8) is 0 Å². The van der Waals surface area contributed by atoms with Crippen molar-refractivity contribution in [2.75, 3.05) is 19.4 Å². The monoisotopic (exact) mass is 305 g/mol. The Hall–Kier alpha value is -0.620. The van der Waals surface area contributed by atoms with Gasteiger partial charge in [0, 0.05) is 6.04 Å². The summed E-state index contributed by atoms with van der Waals surface area (Å²) in [6, 6.07) is -0.106. The van der Waals surface area contributed by atoms with Crippen LogP contribution in [0, 0.1) is 5.41 Å². The lowest BCUT2D eigenvalue weighted by Crippen LogP contribution is -2.56. The van der Waals surface area contributed by atoms with Gasteiger partial charge in [-0.05, 0) is 31.2 Å². The Bertz CT molecular complexity index is 430. The van der Waals surface area contributed by atoms with Crippen LogP contribution >= 0.6 is 0 Å². The molecule has 0 aromatic heterocycles. The van der Waals surface area contributed by atoms with Crippen LogP contribution in [0.15, 0.2) is 0 Å². The molecule has 0 spiro atoms. The molecule has 1 N–H and O–H groups in total. The summed E-state index contributed by atoms with van der Waals surface area (Å²) in [5.41, 5.74) is -0.0821. The van der Waals surface area contributed by atoms with Crippen molar-refractivity contribution in [3.05, 3.63) is 0 Å². The molecule has 2 unspecified atom stereocenters. The second-order valence-corrected chi connectivity index (χ2v) is 8.45. The van der Waals surface area contributed by atoms with Crippen LogP contribution in [0.1, 0.15) is 46.5 Å². The molecular weight excluding hydrogens is 278 g/mol. The zero-order valence-electron chi connectivity index (χ0n) is 12.9. The molecule has 0 heterocycles. The first-order valence-corrected chi connectivity index (χ1v) is 8.98.